The van der Waals surface area contributed by atoms with Crippen LogP contribution in [0.25, 0.3) is 10.8 Å². The van der Waals surface area contributed by atoms with Gasteiger partial charge in [0.1, 0.15) is 6.54 Å². The van der Waals surface area contributed by atoms with Crippen molar-refractivity contribution in [2.24, 2.45) is 0 Å². The highest BCUT2D eigenvalue weighted by Gasteiger charge is 2.20. The van der Waals surface area contributed by atoms with Crippen molar-refractivity contribution in [3.8, 4) is 5.75 Å². The van der Waals surface area contributed by atoms with E-state index in [1.165, 1.54) is 4.57 Å². The number of amides is 1. The molecular weight excluding hydrogens is 362 g/mol. The molecule has 2 aromatic heterocycles. The number of carboxylic acids is 1. The summed E-state index contributed by atoms with van der Waals surface area (Å²) < 4.78 is 1.54. The van der Waals surface area contributed by atoms with Gasteiger partial charge in [0.2, 0.25) is 0 Å². The van der Waals surface area contributed by atoms with Gasteiger partial charge in [-0.15, -0.1) is 0 Å². The minimum Gasteiger partial charge on any atom is -0.505 e. The van der Waals surface area contributed by atoms with E-state index >= 15 is 0 Å². The van der Waals surface area contributed by atoms with E-state index in [1.54, 1.807) is 19.2 Å². The van der Waals surface area contributed by atoms with Gasteiger partial charge in [0.25, 0.3) is 11.5 Å². The Morgan fingerprint density at radius 2 is 1.89 bits per heavy atom. The molecule has 0 fully saturated rings. The highest BCUT2D eigenvalue weighted by molar-refractivity contribution is 6.02. The summed E-state index contributed by atoms with van der Waals surface area (Å²) in [4.78, 5) is 39.6. The van der Waals surface area contributed by atoms with Crippen LogP contribution in [-0.4, -0.2) is 38.2 Å². The van der Waals surface area contributed by atoms with Crippen molar-refractivity contribution in [2.45, 2.75) is 19.9 Å². The van der Waals surface area contributed by atoms with E-state index in [2.05, 4.69) is 10.3 Å². The molecule has 0 atom stereocenters. The van der Waals surface area contributed by atoms with Gasteiger partial charge in [0.15, 0.2) is 11.4 Å². The Balaban J connectivity index is 1.96. The summed E-state index contributed by atoms with van der Waals surface area (Å²) in [5.41, 5.74) is 0.754. The van der Waals surface area contributed by atoms with Gasteiger partial charge in [-0.2, -0.15) is 0 Å². The SMILES string of the molecule is Cc1nc(C(=O)NCC(=O)O)c(O)c2ccn(CCc3ccccc3)c(=O)c12. The first-order chi connectivity index (χ1) is 13.4. The largest absolute Gasteiger partial charge is 0.505 e. The number of hydrogen-bond acceptors (Lipinski definition) is 5. The summed E-state index contributed by atoms with van der Waals surface area (Å²) in [6.45, 7) is 1.43. The molecule has 0 aliphatic carbocycles. The van der Waals surface area contributed by atoms with Gasteiger partial charge in [-0.3, -0.25) is 14.4 Å². The summed E-state index contributed by atoms with van der Waals surface area (Å²) in [7, 11) is 0. The van der Waals surface area contributed by atoms with E-state index in [1.807, 2.05) is 30.3 Å². The van der Waals surface area contributed by atoms with Crippen LogP contribution in [0.4, 0.5) is 0 Å². The van der Waals surface area contributed by atoms with Gasteiger partial charge in [-0.05, 0) is 25.0 Å². The van der Waals surface area contributed by atoms with E-state index in [0.717, 1.165) is 5.56 Å². The first-order valence-corrected chi connectivity index (χ1v) is 8.65. The number of aromatic nitrogens is 2. The predicted molar refractivity (Wildman–Crippen MR) is 103 cm³/mol. The number of pyridine rings is 2. The number of aliphatic carboxylic acids is 1. The van der Waals surface area contributed by atoms with Crippen molar-refractivity contribution in [2.75, 3.05) is 6.54 Å². The molecule has 28 heavy (non-hydrogen) atoms. The van der Waals surface area contributed by atoms with Crippen molar-refractivity contribution in [1.82, 2.24) is 14.9 Å². The number of benzene rings is 1. The number of nitrogens with zero attached hydrogens (tertiary/aromatic N) is 2. The van der Waals surface area contributed by atoms with Crippen molar-refractivity contribution < 1.29 is 19.8 Å². The van der Waals surface area contributed by atoms with Gasteiger partial charge < -0.3 is 20.1 Å². The maximum absolute atomic E-state index is 12.9. The molecule has 144 valence electrons. The molecular formula is C20H19N3O5. The maximum atomic E-state index is 12.9. The number of fused-ring (bicyclic) bond motifs is 1. The molecule has 0 radical (unpaired) electrons. The number of aromatic hydroxyl groups is 1. The first-order valence-electron chi connectivity index (χ1n) is 8.65. The predicted octanol–water partition coefficient (Wildman–Crippen LogP) is 1.47. The van der Waals surface area contributed by atoms with E-state index in [4.69, 9.17) is 5.11 Å². The highest BCUT2D eigenvalue weighted by Crippen LogP contribution is 2.27. The third kappa shape index (κ3) is 3.85. The molecule has 0 bridgehead atoms. The van der Waals surface area contributed by atoms with Crippen LogP contribution in [0.1, 0.15) is 21.7 Å². The average Bonchev–Trinajstić information content (AvgIpc) is 2.68. The lowest BCUT2D eigenvalue weighted by molar-refractivity contribution is -0.135. The molecule has 0 aliphatic heterocycles. The van der Waals surface area contributed by atoms with Crippen LogP contribution in [0.2, 0.25) is 0 Å². The Morgan fingerprint density at radius 1 is 1.18 bits per heavy atom. The second kappa shape index (κ2) is 7.91. The smallest absolute Gasteiger partial charge is 0.322 e. The van der Waals surface area contributed by atoms with Gasteiger partial charge in [-0.1, -0.05) is 30.3 Å². The van der Waals surface area contributed by atoms with Crippen LogP contribution in [0, 0.1) is 6.92 Å². The van der Waals surface area contributed by atoms with E-state index in [0.29, 0.717) is 13.0 Å². The lowest BCUT2D eigenvalue weighted by atomic mass is 10.1. The van der Waals surface area contributed by atoms with Crippen LogP contribution >= 0.6 is 0 Å². The van der Waals surface area contributed by atoms with Crippen LogP contribution in [0.3, 0.4) is 0 Å². The van der Waals surface area contributed by atoms with E-state index in [9.17, 15) is 19.5 Å². The van der Waals surface area contributed by atoms with Crippen molar-refractivity contribution >= 4 is 22.6 Å². The number of carbonyl (C=O) groups is 2. The molecule has 0 saturated heterocycles. The maximum Gasteiger partial charge on any atom is 0.322 e. The molecule has 3 rings (SSSR count). The van der Waals surface area contributed by atoms with E-state index in [-0.39, 0.29) is 27.7 Å². The summed E-state index contributed by atoms with van der Waals surface area (Å²) in [6.07, 6.45) is 2.23. The van der Waals surface area contributed by atoms with Crippen LogP contribution in [0.15, 0.2) is 47.4 Å². The first kappa shape index (κ1) is 19.1. The number of rotatable bonds is 6. The Hall–Kier alpha value is -3.68. The Labute approximate surface area is 160 Å². The standard InChI is InChI=1S/C20H19N3O5/c1-12-16-14(18(26)17(22-12)19(27)21-11-15(24)25)8-10-23(20(16)28)9-7-13-5-3-2-4-6-13/h2-6,8,10,26H,7,9,11H2,1H3,(H,21,27)(H,24,25). The van der Waals surface area contributed by atoms with Gasteiger partial charge >= 0.3 is 5.97 Å². The topological polar surface area (TPSA) is 122 Å². The van der Waals surface area contributed by atoms with Gasteiger partial charge in [0.05, 0.1) is 11.1 Å². The third-order valence-electron chi connectivity index (χ3n) is 4.39. The lowest BCUT2D eigenvalue weighted by Gasteiger charge is -2.12. The average molecular weight is 381 g/mol. The lowest BCUT2D eigenvalue weighted by Crippen LogP contribution is -2.30. The van der Waals surface area contributed by atoms with Gasteiger partial charge in [0, 0.05) is 18.1 Å². The van der Waals surface area contributed by atoms with Crippen LogP contribution in [-0.2, 0) is 17.8 Å². The number of hydrogen-bond donors (Lipinski definition) is 3. The summed E-state index contributed by atoms with van der Waals surface area (Å²) >= 11 is 0. The van der Waals surface area contributed by atoms with Crippen LogP contribution in [0.5, 0.6) is 5.75 Å². The Kier molecular flexibility index (Phi) is 5.39. The molecule has 0 unspecified atom stereocenters. The van der Waals surface area contributed by atoms with E-state index < -0.39 is 24.2 Å². The fourth-order valence-corrected chi connectivity index (χ4v) is 2.99. The monoisotopic (exact) mass is 381 g/mol. The number of carboxylic acid groups (broad SMARTS) is 1. The Morgan fingerprint density at radius 3 is 2.57 bits per heavy atom. The third-order valence-corrected chi connectivity index (χ3v) is 4.39. The normalized spacial score (nSPS) is 10.8. The highest BCUT2D eigenvalue weighted by atomic mass is 16.4. The van der Waals surface area contributed by atoms with Crippen molar-refractivity contribution in [3.63, 3.8) is 0 Å². The van der Waals surface area contributed by atoms with Crippen LogP contribution < -0.4 is 10.9 Å². The molecule has 8 nitrogen and oxygen atoms in total. The molecule has 2 heterocycles. The quantitative estimate of drug-likeness (QED) is 0.594. The molecule has 0 spiro atoms. The number of carbonyl (C=O) groups excluding carboxylic acids is 1. The van der Waals surface area contributed by atoms with Gasteiger partial charge in [-0.25, -0.2) is 4.98 Å². The zero-order chi connectivity index (χ0) is 20.3. The van der Waals surface area contributed by atoms with Crippen molar-refractivity contribution in [3.05, 3.63) is 69.9 Å². The second-order valence-electron chi connectivity index (χ2n) is 6.31. The zero-order valence-corrected chi connectivity index (χ0v) is 15.2. The minimum atomic E-state index is -1.22. The number of aryl methyl sites for hydroxylation is 3. The molecule has 3 aromatic rings. The summed E-state index contributed by atoms with van der Waals surface area (Å²) in [5, 5.41) is 21.7. The molecule has 0 saturated carbocycles. The Bertz CT molecular complexity index is 1110. The summed E-state index contributed by atoms with van der Waals surface area (Å²) in [6, 6.07) is 11.3. The molecule has 1 aromatic carbocycles. The summed E-state index contributed by atoms with van der Waals surface area (Å²) in [5.74, 6) is -2.49. The molecule has 1 amide bonds. The molecule has 3 N–H and O–H groups in total. The fourth-order valence-electron chi connectivity index (χ4n) is 2.99. The molecule has 0 aliphatic rings. The van der Waals surface area contributed by atoms with Crippen molar-refractivity contribution in [1.29, 1.82) is 0 Å². The number of nitrogens with one attached hydrogen (secondary N) is 1. The molecule has 8 heteroatoms. The second-order valence-corrected chi connectivity index (χ2v) is 6.31. The minimum absolute atomic E-state index is 0.203. The fraction of sp³-hybridized carbons (Fsp3) is 0.200. The zero-order valence-electron chi connectivity index (χ0n) is 15.2.